The first-order valence-corrected chi connectivity index (χ1v) is 9.09. The van der Waals surface area contributed by atoms with Crippen LogP contribution in [0.5, 0.6) is 5.75 Å². The second kappa shape index (κ2) is 8.99. The number of carbonyl (C=O) groups is 1. The fourth-order valence-corrected chi connectivity index (χ4v) is 2.94. The summed E-state index contributed by atoms with van der Waals surface area (Å²) in [5.41, 5.74) is 1.17. The number of rotatable bonds is 7. The minimum absolute atomic E-state index is 0.0278. The van der Waals surface area contributed by atoms with Gasteiger partial charge < -0.3 is 9.47 Å². The zero-order chi connectivity index (χ0) is 21.8. The standard InChI is InChI=1S/C20H22F3N3O3/c1-5-26-18(15(11-24)17(25-26)19(27)29-6-2)14-8-7-13(10-16(14)28-4)9-12(3)20(21,22)23/h7-8,10,12H,5-6,9H2,1-4H3. The molecule has 0 saturated heterocycles. The average Bonchev–Trinajstić information content (AvgIpc) is 3.05. The van der Waals surface area contributed by atoms with Gasteiger partial charge in [0, 0.05) is 12.1 Å². The van der Waals surface area contributed by atoms with Crippen LogP contribution in [0.15, 0.2) is 18.2 Å². The van der Waals surface area contributed by atoms with Gasteiger partial charge in [0.1, 0.15) is 17.4 Å². The number of nitrogens with zero attached hydrogens (tertiary/aromatic N) is 3. The zero-order valence-electron chi connectivity index (χ0n) is 16.6. The van der Waals surface area contributed by atoms with E-state index < -0.39 is 18.1 Å². The van der Waals surface area contributed by atoms with Crippen molar-refractivity contribution in [2.75, 3.05) is 13.7 Å². The molecule has 1 atom stereocenters. The third-order valence-corrected chi connectivity index (χ3v) is 4.45. The largest absolute Gasteiger partial charge is 0.496 e. The van der Waals surface area contributed by atoms with Crippen LogP contribution >= 0.6 is 0 Å². The normalized spacial score (nSPS) is 12.3. The molecule has 6 nitrogen and oxygen atoms in total. The molecule has 0 amide bonds. The molecule has 1 aromatic carbocycles. The van der Waals surface area contributed by atoms with E-state index in [0.717, 1.165) is 6.92 Å². The summed E-state index contributed by atoms with van der Waals surface area (Å²) < 4.78 is 50.4. The number of carbonyl (C=O) groups excluding carboxylic acids is 1. The van der Waals surface area contributed by atoms with E-state index in [9.17, 15) is 23.2 Å². The molecule has 2 rings (SSSR count). The van der Waals surface area contributed by atoms with Crippen molar-refractivity contribution in [1.29, 1.82) is 5.26 Å². The van der Waals surface area contributed by atoms with Crippen molar-refractivity contribution in [2.24, 2.45) is 5.92 Å². The highest BCUT2D eigenvalue weighted by Crippen LogP contribution is 2.36. The Morgan fingerprint density at radius 1 is 1.34 bits per heavy atom. The van der Waals surface area contributed by atoms with Crippen molar-refractivity contribution in [3.05, 3.63) is 35.0 Å². The second-order valence-electron chi connectivity index (χ2n) is 6.40. The Morgan fingerprint density at radius 2 is 2.03 bits per heavy atom. The Hall–Kier alpha value is -3.02. The Balaban J connectivity index is 2.57. The SMILES string of the molecule is CCOC(=O)c1nn(CC)c(-c2ccc(CC(C)C(F)(F)F)cc2OC)c1C#N. The van der Waals surface area contributed by atoms with E-state index >= 15 is 0 Å². The van der Waals surface area contributed by atoms with Crippen molar-refractivity contribution >= 4 is 5.97 Å². The monoisotopic (exact) mass is 409 g/mol. The quantitative estimate of drug-likeness (QED) is 0.635. The van der Waals surface area contributed by atoms with E-state index in [2.05, 4.69) is 5.10 Å². The van der Waals surface area contributed by atoms with Crippen LogP contribution in [0.3, 0.4) is 0 Å². The van der Waals surface area contributed by atoms with Crippen LogP contribution in [-0.4, -0.2) is 35.6 Å². The number of aromatic nitrogens is 2. The van der Waals surface area contributed by atoms with Gasteiger partial charge in [0.15, 0.2) is 5.69 Å². The van der Waals surface area contributed by atoms with E-state index in [1.807, 2.05) is 6.07 Å². The maximum atomic E-state index is 12.9. The number of halogens is 3. The predicted molar refractivity (Wildman–Crippen MR) is 99.5 cm³/mol. The Kier molecular flexibility index (Phi) is 6.90. The number of benzene rings is 1. The maximum Gasteiger partial charge on any atom is 0.391 e. The van der Waals surface area contributed by atoms with Crippen molar-refractivity contribution in [1.82, 2.24) is 9.78 Å². The molecule has 0 aliphatic rings. The summed E-state index contributed by atoms with van der Waals surface area (Å²) in [6.07, 6.45) is -4.50. The Morgan fingerprint density at radius 3 is 2.55 bits per heavy atom. The number of methoxy groups -OCH3 is 1. The van der Waals surface area contributed by atoms with Crippen LogP contribution in [-0.2, 0) is 17.7 Å². The molecule has 0 saturated carbocycles. The number of hydrogen-bond donors (Lipinski definition) is 0. The molecule has 1 unspecified atom stereocenters. The zero-order valence-corrected chi connectivity index (χ0v) is 16.6. The maximum absolute atomic E-state index is 12.9. The van der Waals surface area contributed by atoms with Crippen molar-refractivity contribution in [3.8, 4) is 23.1 Å². The number of hydrogen-bond acceptors (Lipinski definition) is 5. The fourth-order valence-electron chi connectivity index (χ4n) is 2.94. The summed E-state index contributed by atoms with van der Waals surface area (Å²) in [6.45, 7) is 5.04. The van der Waals surface area contributed by atoms with Gasteiger partial charge >= 0.3 is 12.1 Å². The lowest BCUT2D eigenvalue weighted by atomic mass is 9.97. The smallest absolute Gasteiger partial charge is 0.391 e. The van der Waals surface area contributed by atoms with Crippen LogP contribution in [0.25, 0.3) is 11.3 Å². The molecule has 0 fully saturated rings. The molecule has 1 heterocycles. The molecule has 156 valence electrons. The van der Waals surface area contributed by atoms with Gasteiger partial charge in [-0.3, -0.25) is 4.68 Å². The first-order valence-electron chi connectivity index (χ1n) is 9.09. The molecule has 29 heavy (non-hydrogen) atoms. The third-order valence-electron chi connectivity index (χ3n) is 4.45. The lowest BCUT2D eigenvalue weighted by Crippen LogP contribution is -2.21. The van der Waals surface area contributed by atoms with Crippen LogP contribution in [0.1, 0.15) is 42.4 Å². The van der Waals surface area contributed by atoms with Gasteiger partial charge in [-0.2, -0.15) is 23.5 Å². The molecule has 0 N–H and O–H groups in total. The number of ether oxygens (including phenoxy) is 2. The first kappa shape index (κ1) is 22.3. The molecular formula is C20H22F3N3O3. The van der Waals surface area contributed by atoms with Crippen LogP contribution in [0.2, 0.25) is 0 Å². The summed E-state index contributed by atoms with van der Waals surface area (Å²) in [5, 5.41) is 13.8. The Labute approximate surface area is 166 Å². The topological polar surface area (TPSA) is 77.1 Å². The molecule has 0 radical (unpaired) electrons. The predicted octanol–water partition coefficient (Wildman–Crippen LogP) is 4.37. The minimum Gasteiger partial charge on any atom is -0.496 e. The molecule has 0 aliphatic carbocycles. The Bertz CT molecular complexity index is 930. The fraction of sp³-hybridized carbons (Fsp3) is 0.450. The summed E-state index contributed by atoms with van der Waals surface area (Å²) in [7, 11) is 1.39. The van der Waals surface area contributed by atoms with Crippen molar-refractivity contribution < 1.29 is 27.4 Å². The van der Waals surface area contributed by atoms with Crippen molar-refractivity contribution in [3.63, 3.8) is 0 Å². The van der Waals surface area contributed by atoms with Gasteiger partial charge in [-0.15, -0.1) is 0 Å². The van der Waals surface area contributed by atoms with Gasteiger partial charge in [-0.05, 0) is 38.0 Å². The summed E-state index contributed by atoms with van der Waals surface area (Å²) in [4.78, 5) is 12.2. The number of aryl methyl sites for hydroxylation is 1. The average molecular weight is 409 g/mol. The minimum atomic E-state index is -4.30. The van der Waals surface area contributed by atoms with E-state index in [1.54, 1.807) is 26.0 Å². The summed E-state index contributed by atoms with van der Waals surface area (Å²) in [5.74, 6) is -1.94. The van der Waals surface area contributed by atoms with E-state index in [1.165, 1.54) is 17.9 Å². The number of nitriles is 1. The molecule has 9 heteroatoms. The van der Waals surface area contributed by atoms with Gasteiger partial charge in [-0.1, -0.05) is 13.0 Å². The van der Waals surface area contributed by atoms with Gasteiger partial charge in [0.05, 0.1) is 25.3 Å². The summed E-state index contributed by atoms with van der Waals surface area (Å²) in [6, 6.07) is 6.63. The van der Waals surface area contributed by atoms with Crippen LogP contribution in [0, 0.1) is 17.2 Å². The van der Waals surface area contributed by atoms with Crippen LogP contribution in [0.4, 0.5) is 13.2 Å². The molecule has 2 aromatic rings. The van der Waals surface area contributed by atoms with Crippen LogP contribution < -0.4 is 4.74 Å². The molecule has 0 aliphatic heterocycles. The first-order chi connectivity index (χ1) is 13.7. The highest BCUT2D eigenvalue weighted by atomic mass is 19.4. The lowest BCUT2D eigenvalue weighted by molar-refractivity contribution is -0.169. The van der Waals surface area contributed by atoms with Gasteiger partial charge in [0.2, 0.25) is 0 Å². The van der Waals surface area contributed by atoms with Crippen molar-refractivity contribution in [2.45, 2.75) is 39.9 Å². The molecular weight excluding hydrogens is 387 g/mol. The van der Waals surface area contributed by atoms with E-state index in [4.69, 9.17) is 9.47 Å². The number of esters is 1. The summed E-state index contributed by atoms with van der Waals surface area (Å²) >= 11 is 0. The molecule has 0 bridgehead atoms. The highest BCUT2D eigenvalue weighted by Gasteiger charge is 2.36. The second-order valence-corrected chi connectivity index (χ2v) is 6.40. The lowest BCUT2D eigenvalue weighted by Gasteiger charge is -2.17. The molecule has 1 aromatic heterocycles. The van der Waals surface area contributed by atoms with E-state index in [-0.39, 0.29) is 24.3 Å². The molecule has 0 spiro atoms. The number of alkyl halides is 3. The highest BCUT2D eigenvalue weighted by molar-refractivity contribution is 5.93. The third kappa shape index (κ3) is 4.70. The van der Waals surface area contributed by atoms with Gasteiger partial charge in [0.25, 0.3) is 0 Å². The van der Waals surface area contributed by atoms with Gasteiger partial charge in [-0.25, -0.2) is 4.79 Å². The van der Waals surface area contributed by atoms with E-state index in [0.29, 0.717) is 29.1 Å².